The van der Waals surface area contributed by atoms with Crippen LogP contribution in [0.4, 0.5) is 0 Å². The van der Waals surface area contributed by atoms with Gasteiger partial charge in [-0.05, 0) is 32.2 Å². The van der Waals surface area contributed by atoms with Crippen molar-refractivity contribution in [3.05, 3.63) is 0 Å². The van der Waals surface area contributed by atoms with Gasteiger partial charge in [-0.15, -0.1) is 0 Å². The first-order valence-corrected chi connectivity index (χ1v) is 5.99. The fourth-order valence-electron chi connectivity index (χ4n) is 2.64. The molecular formula is C11H19N3O2. The van der Waals surface area contributed by atoms with Crippen LogP contribution in [0, 0.1) is 0 Å². The SMILES string of the molecule is NC(=O)C1(NC(=O)[C@@H]2CCCN2)CCCC1. The maximum atomic E-state index is 11.9. The Balaban J connectivity index is 2.00. The molecule has 0 aromatic carbocycles. The Morgan fingerprint density at radius 1 is 1.25 bits per heavy atom. The minimum atomic E-state index is -0.776. The van der Waals surface area contributed by atoms with Crippen molar-refractivity contribution < 1.29 is 9.59 Å². The standard InChI is InChI=1S/C11H19N3O2/c12-10(16)11(5-1-2-6-11)14-9(15)8-4-3-7-13-8/h8,13H,1-7H2,(H2,12,16)(H,14,15)/t8-/m0/s1. The fourth-order valence-corrected chi connectivity index (χ4v) is 2.64. The molecule has 2 rings (SSSR count). The summed E-state index contributed by atoms with van der Waals surface area (Å²) in [6.45, 7) is 0.877. The Morgan fingerprint density at radius 2 is 1.94 bits per heavy atom. The summed E-state index contributed by atoms with van der Waals surface area (Å²) in [4.78, 5) is 23.4. The third-order valence-electron chi connectivity index (χ3n) is 3.67. The average Bonchev–Trinajstić information content (AvgIpc) is 2.88. The third kappa shape index (κ3) is 2.04. The van der Waals surface area contributed by atoms with Gasteiger partial charge in [0, 0.05) is 0 Å². The molecule has 1 saturated carbocycles. The molecule has 0 aromatic heterocycles. The average molecular weight is 225 g/mol. The van der Waals surface area contributed by atoms with Crippen LogP contribution in [0.25, 0.3) is 0 Å². The highest BCUT2D eigenvalue weighted by Gasteiger charge is 2.42. The molecule has 0 radical (unpaired) electrons. The number of carbonyl (C=O) groups excluding carboxylic acids is 2. The molecule has 0 aromatic rings. The van der Waals surface area contributed by atoms with E-state index in [4.69, 9.17) is 5.73 Å². The largest absolute Gasteiger partial charge is 0.368 e. The molecule has 5 heteroatoms. The molecule has 1 aliphatic carbocycles. The minimum absolute atomic E-state index is 0.0711. The highest BCUT2D eigenvalue weighted by molar-refractivity contribution is 5.92. The number of amides is 2. The van der Waals surface area contributed by atoms with Crippen LogP contribution in [-0.2, 0) is 9.59 Å². The zero-order chi connectivity index (χ0) is 11.6. The molecule has 0 spiro atoms. The zero-order valence-electron chi connectivity index (χ0n) is 9.42. The van der Waals surface area contributed by atoms with Crippen molar-refractivity contribution in [2.75, 3.05) is 6.54 Å². The van der Waals surface area contributed by atoms with Gasteiger partial charge in [-0.25, -0.2) is 0 Å². The normalized spacial score (nSPS) is 27.9. The lowest BCUT2D eigenvalue weighted by Crippen LogP contribution is -2.58. The van der Waals surface area contributed by atoms with Gasteiger partial charge in [0.15, 0.2) is 0 Å². The van der Waals surface area contributed by atoms with Gasteiger partial charge < -0.3 is 16.4 Å². The summed E-state index contributed by atoms with van der Waals surface area (Å²) in [5.74, 6) is -0.463. The Hall–Kier alpha value is -1.10. The number of hydrogen-bond donors (Lipinski definition) is 3. The predicted octanol–water partition coefficient (Wildman–Crippen LogP) is -0.347. The molecule has 1 heterocycles. The molecule has 1 aliphatic heterocycles. The van der Waals surface area contributed by atoms with Crippen LogP contribution in [-0.4, -0.2) is 29.9 Å². The summed E-state index contributed by atoms with van der Waals surface area (Å²) in [7, 11) is 0. The number of nitrogens with one attached hydrogen (secondary N) is 2. The van der Waals surface area contributed by atoms with Crippen LogP contribution in [0.3, 0.4) is 0 Å². The molecule has 1 atom stereocenters. The summed E-state index contributed by atoms with van der Waals surface area (Å²) in [6.07, 6.45) is 5.15. The first-order chi connectivity index (χ1) is 7.64. The molecule has 16 heavy (non-hydrogen) atoms. The predicted molar refractivity (Wildman–Crippen MR) is 59.6 cm³/mol. The summed E-state index contributed by atoms with van der Waals surface area (Å²) in [5.41, 5.74) is 4.63. The van der Waals surface area contributed by atoms with Crippen molar-refractivity contribution in [1.82, 2.24) is 10.6 Å². The second kappa shape index (κ2) is 4.41. The van der Waals surface area contributed by atoms with Crippen molar-refractivity contribution in [3.63, 3.8) is 0 Å². The minimum Gasteiger partial charge on any atom is -0.368 e. The van der Waals surface area contributed by atoms with E-state index in [2.05, 4.69) is 10.6 Å². The van der Waals surface area contributed by atoms with E-state index in [-0.39, 0.29) is 11.9 Å². The Bertz CT molecular complexity index is 292. The molecule has 5 nitrogen and oxygen atoms in total. The first kappa shape index (κ1) is 11.4. The maximum absolute atomic E-state index is 11.9. The topological polar surface area (TPSA) is 84.2 Å². The fraction of sp³-hybridized carbons (Fsp3) is 0.818. The highest BCUT2D eigenvalue weighted by Crippen LogP contribution is 2.29. The zero-order valence-corrected chi connectivity index (χ0v) is 9.42. The van der Waals surface area contributed by atoms with E-state index in [0.717, 1.165) is 32.2 Å². The lowest BCUT2D eigenvalue weighted by molar-refractivity contribution is -0.132. The van der Waals surface area contributed by atoms with Crippen LogP contribution < -0.4 is 16.4 Å². The van der Waals surface area contributed by atoms with Gasteiger partial charge in [0.2, 0.25) is 11.8 Å². The first-order valence-electron chi connectivity index (χ1n) is 5.99. The van der Waals surface area contributed by atoms with E-state index in [1.165, 1.54) is 0 Å². The molecule has 2 amide bonds. The summed E-state index contributed by atoms with van der Waals surface area (Å²) >= 11 is 0. The van der Waals surface area contributed by atoms with E-state index in [0.29, 0.717) is 12.8 Å². The highest BCUT2D eigenvalue weighted by atomic mass is 16.2. The summed E-state index contributed by atoms with van der Waals surface area (Å²) < 4.78 is 0. The molecular weight excluding hydrogens is 206 g/mol. The van der Waals surface area contributed by atoms with E-state index in [1.54, 1.807) is 0 Å². The van der Waals surface area contributed by atoms with E-state index in [9.17, 15) is 9.59 Å². The summed E-state index contributed by atoms with van der Waals surface area (Å²) in [6, 6.07) is -0.142. The summed E-state index contributed by atoms with van der Waals surface area (Å²) in [5, 5.41) is 5.98. The lowest BCUT2D eigenvalue weighted by Gasteiger charge is -2.28. The van der Waals surface area contributed by atoms with Crippen molar-refractivity contribution in [1.29, 1.82) is 0 Å². The van der Waals surface area contributed by atoms with Crippen LogP contribution in [0.1, 0.15) is 38.5 Å². The molecule has 2 aliphatic rings. The lowest BCUT2D eigenvalue weighted by atomic mass is 9.96. The van der Waals surface area contributed by atoms with Gasteiger partial charge in [-0.3, -0.25) is 9.59 Å². The molecule has 4 N–H and O–H groups in total. The molecule has 2 fully saturated rings. The molecule has 90 valence electrons. The molecule has 0 bridgehead atoms. The van der Waals surface area contributed by atoms with Gasteiger partial charge in [-0.2, -0.15) is 0 Å². The number of primary amides is 1. The van der Waals surface area contributed by atoms with Gasteiger partial charge in [0.05, 0.1) is 6.04 Å². The van der Waals surface area contributed by atoms with Crippen molar-refractivity contribution in [3.8, 4) is 0 Å². The quantitative estimate of drug-likeness (QED) is 0.614. The molecule has 0 unspecified atom stereocenters. The Labute approximate surface area is 95.1 Å². The van der Waals surface area contributed by atoms with E-state index >= 15 is 0 Å². The van der Waals surface area contributed by atoms with Gasteiger partial charge in [0.1, 0.15) is 5.54 Å². The number of hydrogen-bond acceptors (Lipinski definition) is 3. The molecule has 1 saturated heterocycles. The van der Waals surface area contributed by atoms with Gasteiger partial charge in [-0.1, -0.05) is 12.8 Å². The second-order valence-electron chi connectivity index (χ2n) is 4.79. The van der Waals surface area contributed by atoms with Gasteiger partial charge in [0.25, 0.3) is 0 Å². The van der Waals surface area contributed by atoms with Crippen LogP contribution >= 0.6 is 0 Å². The van der Waals surface area contributed by atoms with Crippen LogP contribution in [0.15, 0.2) is 0 Å². The van der Waals surface area contributed by atoms with Gasteiger partial charge >= 0.3 is 0 Å². The second-order valence-corrected chi connectivity index (χ2v) is 4.79. The van der Waals surface area contributed by atoms with Crippen molar-refractivity contribution in [2.45, 2.75) is 50.1 Å². The number of rotatable bonds is 3. The van der Waals surface area contributed by atoms with Crippen molar-refractivity contribution >= 4 is 11.8 Å². The smallest absolute Gasteiger partial charge is 0.243 e. The van der Waals surface area contributed by atoms with Crippen molar-refractivity contribution in [2.24, 2.45) is 5.73 Å². The number of nitrogens with two attached hydrogens (primary N) is 1. The third-order valence-corrected chi connectivity index (χ3v) is 3.67. The van der Waals surface area contributed by atoms with Crippen LogP contribution in [0.5, 0.6) is 0 Å². The Kier molecular flexibility index (Phi) is 3.14. The van der Waals surface area contributed by atoms with E-state index in [1.807, 2.05) is 0 Å². The number of carbonyl (C=O) groups is 2. The Morgan fingerprint density at radius 3 is 2.44 bits per heavy atom. The monoisotopic (exact) mass is 225 g/mol. The maximum Gasteiger partial charge on any atom is 0.243 e. The van der Waals surface area contributed by atoms with Crippen LogP contribution in [0.2, 0.25) is 0 Å². The van der Waals surface area contributed by atoms with E-state index < -0.39 is 11.4 Å².